The van der Waals surface area contributed by atoms with Gasteiger partial charge >= 0.3 is 0 Å². The van der Waals surface area contributed by atoms with Gasteiger partial charge < -0.3 is 4.42 Å². The Morgan fingerprint density at radius 3 is 1.91 bits per heavy atom. The summed E-state index contributed by atoms with van der Waals surface area (Å²) in [6.45, 7) is 11.2. The summed E-state index contributed by atoms with van der Waals surface area (Å²) in [4.78, 5) is 14.7. The van der Waals surface area contributed by atoms with Crippen LogP contribution in [0.15, 0.2) is 120 Å². The highest BCUT2D eigenvalue weighted by Crippen LogP contribution is 2.41. The topological polar surface area (TPSA) is 56.7 Å². The highest BCUT2D eigenvalue weighted by atomic mass is 16.3. The Bertz CT molecular complexity index is 2390. The molecular weight excluding hydrogens is 576 g/mol. The zero-order valence-electron chi connectivity index (χ0n) is 27.3. The number of imidazole rings is 1. The molecule has 8 aromatic rings. The number of furan rings is 1. The van der Waals surface area contributed by atoms with E-state index < -0.39 is 0 Å². The third-order valence-corrected chi connectivity index (χ3v) is 9.18. The molecule has 5 nitrogen and oxygen atoms in total. The van der Waals surface area contributed by atoms with E-state index in [2.05, 4.69) is 129 Å². The van der Waals surface area contributed by atoms with Crippen molar-refractivity contribution in [1.29, 1.82) is 0 Å². The predicted octanol–water partition coefficient (Wildman–Crippen LogP) is 11.3. The number of aryl methyl sites for hydroxylation is 1. The second-order valence-electron chi connectivity index (χ2n) is 13.0. The SMILES string of the molecule is Cc1cncc2nc(-c3cnc4oc5ccc(-c6ccccc6)cc5c4c3)n(-c3c(C(C)C)cc(-c4ccccc4)cc3C(C)C)c12. The molecule has 0 radical (unpaired) electrons. The molecule has 230 valence electrons. The molecule has 0 saturated heterocycles. The maximum absolute atomic E-state index is 6.24. The Kier molecular flexibility index (Phi) is 6.98. The van der Waals surface area contributed by atoms with Crippen LogP contribution in [0.1, 0.15) is 56.2 Å². The van der Waals surface area contributed by atoms with E-state index in [0.717, 1.165) is 49.9 Å². The molecule has 8 rings (SSSR count). The van der Waals surface area contributed by atoms with Crippen molar-refractivity contribution in [1.82, 2.24) is 19.5 Å². The van der Waals surface area contributed by atoms with Crippen LogP contribution in [0, 0.1) is 6.92 Å². The molecule has 0 aliphatic rings. The molecule has 4 heterocycles. The first-order chi connectivity index (χ1) is 22.9. The lowest BCUT2D eigenvalue weighted by molar-refractivity contribution is 0.654. The van der Waals surface area contributed by atoms with Gasteiger partial charge in [-0.3, -0.25) is 9.55 Å². The zero-order valence-corrected chi connectivity index (χ0v) is 27.3. The maximum atomic E-state index is 6.24. The van der Waals surface area contributed by atoms with E-state index in [1.54, 1.807) is 0 Å². The largest absolute Gasteiger partial charge is 0.438 e. The van der Waals surface area contributed by atoms with Crippen molar-refractivity contribution < 1.29 is 4.42 Å². The van der Waals surface area contributed by atoms with Gasteiger partial charge in [-0.25, -0.2) is 9.97 Å². The molecule has 0 N–H and O–H groups in total. The zero-order chi connectivity index (χ0) is 32.2. The number of hydrogen-bond acceptors (Lipinski definition) is 4. The predicted molar refractivity (Wildman–Crippen MR) is 193 cm³/mol. The quantitative estimate of drug-likeness (QED) is 0.187. The molecule has 4 aromatic heterocycles. The molecular formula is C42H36N4O. The average Bonchev–Trinajstić information content (AvgIpc) is 3.67. The minimum absolute atomic E-state index is 0.272. The summed E-state index contributed by atoms with van der Waals surface area (Å²) < 4.78 is 8.60. The van der Waals surface area contributed by atoms with Crippen molar-refractivity contribution in [3.05, 3.63) is 132 Å². The minimum atomic E-state index is 0.272. The Balaban J connectivity index is 1.41. The Morgan fingerprint density at radius 2 is 1.26 bits per heavy atom. The minimum Gasteiger partial charge on any atom is -0.438 e. The fraction of sp³-hybridized carbons (Fsp3) is 0.167. The summed E-state index contributed by atoms with van der Waals surface area (Å²) in [5.41, 5.74) is 13.9. The molecule has 0 bridgehead atoms. The van der Waals surface area contributed by atoms with E-state index in [0.29, 0.717) is 5.71 Å². The fourth-order valence-electron chi connectivity index (χ4n) is 6.81. The van der Waals surface area contributed by atoms with Gasteiger partial charge in [-0.1, -0.05) is 94.4 Å². The first-order valence-electron chi connectivity index (χ1n) is 16.3. The summed E-state index contributed by atoms with van der Waals surface area (Å²) >= 11 is 0. The van der Waals surface area contributed by atoms with Gasteiger partial charge in [0, 0.05) is 28.7 Å². The average molecular weight is 613 g/mol. The van der Waals surface area contributed by atoms with Crippen LogP contribution in [-0.2, 0) is 0 Å². The number of hydrogen-bond donors (Lipinski definition) is 0. The van der Waals surface area contributed by atoms with Crippen LogP contribution >= 0.6 is 0 Å². The fourth-order valence-corrected chi connectivity index (χ4v) is 6.81. The highest BCUT2D eigenvalue weighted by Gasteiger charge is 2.25. The standard InChI is InChI=1S/C42H36N4O/c1-25(2)33-19-31(29-14-10-7-11-15-29)20-34(26(3)4)40(33)46-39-27(5)22-43-24-37(39)45-41(46)32-21-36-35-18-30(28-12-8-6-9-13-28)16-17-38(35)47-42(36)44-23-32/h6-26H,1-5H3. The van der Waals surface area contributed by atoms with Crippen LogP contribution in [0.4, 0.5) is 0 Å². The van der Waals surface area contributed by atoms with Crippen LogP contribution in [0.3, 0.4) is 0 Å². The number of aromatic nitrogens is 4. The number of rotatable bonds is 6. The molecule has 0 spiro atoms. The lowest BCUT2D eigenvalue weighted by Gasteiger charge is -2.24. The molecule has 0 aliphatic heterocycles. The number of fused-ring (bicyclic) bond motifs is 4. The molecule has 0 saturated carbocycles. The van der Waals surface area contributed by atoms with Crippen LogP contribution in [0.2, 0.25) is 0 Å². The Labute approximate surface area is 274 Å². The lowest BCUT2D eigenvalue weighted by atomic mass is 9.88. The van der Waals surface area contributed by atoms with Gasteiger partial charge in [0.25, 0.3) is 0 Å². The van der Waals surface area contributed by atoms with Crippen molar-refractivity contribution in [2.24, 2.45) is 0 Å². The van der Waals surface area contributed by atoms with Gasteiger partial charge in [-0.2, -0.15) is 0 Å². The maximum Gasteiger partial charge on any atom is 0.227 e. The summed E-state index contributed by atoms with van der Waals surface area (Å²) in [6.07, 6.45) is 5.70. The summed E-state index contributed by atoms with van der Waals surface area (Å²) in [6, 6.07) is 34.4. The van der Waals surface area contributed by atoms with Crippen LogP contribution in [0.5, 0.6) is 0 Å². The molecule has 0 fully saturated rings. The van der Waals surface area contributed by atoms with Gasteiger partial charge in [0.15, 0.2) is 0 Å². The van der Waals surface area contributed by atoms with Crippen LogP contribution in [0.25, 0.3) is 72.4 Å². The molecule has 0 unspecified atom stereocenters. The Hall–Kier alpha value is -5.55. The van der Waals surface area contributed by atoms with Gasteiger partial charge in [-0.05, 0) is 88.0 Å². The van der Waals surface area contributed by atoms with E-state index in [1.165, 1.54) is 33.5 Å². The summed E-state index contributed by atoms with van der Waals surface area (Å²) in [5, 5.41) is 2.01. The third-order valence-electron chi connectivity index (χ3n) is 9.18. The van der Waals surface area contributed by atoms with Crippen molar-refractivity contribution in [3.8, 4) is 39.3 Å². The smallest absolute Gasteiger partial charge is 0.227 e. The number of pyridine rings is 2. The third kappa shape index (κ3) is 4.90. The molecule has 47 heavy (non-hydrogen) atoms. The number of nitrogens with zero attached hydrogens (tertiary/aromatic N) is 4. The second kappa shape index (κ2) is 11.4. The van der Waals surface area contributed by atoms with E-state index in [-0.39, 0.29) is 11.8 Å². The van der Waals surface area contributed by atoms with Crippen LogP contribution in [-0.4, -0.2) is 19.5 Å². The number of benzene rings is 4. The molecule has 5 heteroatoms. The first kappa shape index (κ1) is 28.9. The summed E-state index contributed by atoms with van der Waals surface area (Å²) in [7, 11) is 0. The molecule has 4 aromatic carbocycles. The van der Waals surface area contributed by atoms with E-state index >= 15 is 0 Å². The monoisotopic (exact) mass is 612 g/mol. The van der Waals surface area contributed by atoms with Crippen LogP contribution < -0.4 is 0 Å². The normalized spacial score (nSPS) is 11.9. The molecule has 0 atom stereocenters. The van der Waals surface area contributed by atoms with Crippen molar-refractivity contribution >= 4 is 33.1 Å². The van der Waals surface area contributed by atoms with Crippen molar-refractivity contribution in [2.75, 3.05) is 0 Å². The molecule has 0 aliphatic carbocycles. The van der Waals surface area contributed by atoms with E-state index in [4.69, 9.17) is 14.4 Å². The van der Waals surface area contributed by atoms with Gasteiger partial charge in [0.2, 0.25) is 5.71 Å². The van der Waals surface area contributed by atoms with Gasteiger partial charge in [0.1, 0.15) is 16.9 Å². The van der Waals surface area contributed by atoms with Crippen molar-refractivity contribution in [3.63, 3.8) is 0 Å². The Morgan fingerprint density at radius 1 is 0.617 bits per heavy atom. The highest BCUT2D eigenvalue weighted by molar-refractivity contribution is 6.06. The molecule has 0 amide bonds. The lowest BCUT2D eigenvalue weighted by Crippen LogP contribution is -2.10. The van der Waals surface area contributed by atoms with Gasteiger partial charge in [0.05, 0.1) is 17.4 Å². The summed E-state index contributed by atoms with van der Waals surface area (Å²) in [5.74, 6) is 1.39. The first-order valence-corrected chi connectivity index (χ1v) is 16.3. The second-order valence-corrected chi connectivity index (χ2v) is 13.0. The van der Waals surface area contributed by atoms with E-state index in [9.17, 15) is 0 Å². The van der Waals surface area contributed by atoms with E-state index in [1.807, 2.05) is 30.7 Å². The van der Waals surface area contributed by atoms with Crippen molar-refractivity contribution in [2.45, 2.75) is 46.5 Å². The van der Waals surface area contributed by atoms with Gasteiger partial charge in [-0.15, -0.1) is 0 Å².